The molecule has 0 N–H and O–H groups in total. The van der Waals surface area contributed by atoms with Gasteiger partial charge in [0.1, 0.15) is 0 Å². The van der Waals surface area contributed by atoms with Crippen LogP contribution in [-0.2, 0) is 0 Å². The number of rotatable bonds is 3. The lowest BCUT2D eigenvalue weighted by atomic mass is 9.54. The molecule has 1 nitrogen and oxygen atoms in total. The van der Waals surface area contributed by atoms with Crippen molar-refractivity contribution in [3.63, 3.8) is 0 Å². The van der Waals surface area contributed by atoms with Crippen LogP contribution in [0.3, 0.4) is 0 Å². The number of allylic oxidation sites excluding steroid dienone is 1. The summed E-state index contributed by atoms with van der Waals surface area (Å²) in [6.07, 6.45) is 11.6. The first kappa shape index (κ1) is 10.8. The van der Waals surface area contributed by atoms with Crippen LogP contribution in [0.2, 0.25) is 0 Å². The Bertz CT molecular complexity index is 260. The average Bonchev–Trinajstić information content (AvgIpc) is 2.20. The summed E-state index contributed by atoms with van der Waals surface area (Å²) in [7, 11) is 4.35. The van der Waals surface area contributed by atoms with Crippen molar-refractivity contribution in [3.8, 4) is 0 Å². The number of nitrogens with zero attached hydrogens (tertiary/aromatic N) is 1. The molecule has 0 aromatic heterocycles. The standard InChI is InChI=1S/C15H25N/c1-16(2)5-3-4-15-13-7-11-6-12(9-13)10-14(15)8-11/h4,11-14H,3,5-10H2,1-2H3. The first-order chi connectivity index (χ1) is 7.72. The highest BCUT2D eigenvalue weighted by atomic mass is 15.0. The zero-order valence-electron chi connectivity index (χ0n) is 10.8. The minimum Gasteiger partial charge on any atom is -0.309 e. The Labute approximate surface area is 99.9 Å². The maximum absolute atomic E-state index is 2.60. The lowest BCUT2D eigenvalue weighted by Crippen LogP contribution is -2.40. The minimum atomic E-state index is 0.999. The van der Waals surface area contributed by atoms with Crippen LogP contribution in [0.5, 0.6) is 0 Å². The van der Waals surface area contributed by atoms with E-state index in [2.05, 4.69) is 25.1 Å². The molecule has 4 aliphatic rings. The van der Waals surface area contributed by atoms with Crippen LogP contribution < -0.4 is 0 Å². The predicted molar refractivity (Wildman–Crippen MR) is 68.3 cm³/mol. The van der Waals surface area contributed by atoms with E-state index in [0.29, 0.717) is 0 Å². The summed E-state index contributed by atoms with van der Waals surface area (Å²) in [5, 5.41) is 0. The van der Waals surface area contributed by atoms with Gasteiger partial charge in [-0.25, -0.2) is 0 Å². The van der Waals surface area contributed by atoms with E-state index < -0.39 is 0 Å². The Morgan fingerprint density at radius 3 is 2.06 bits per heavy atom. The van der Waals surface area contributed by atoms with Gasteiger partial charge in [-0.2, -0.15) is 0 Å². The van der Waals surface area contributed by atoms with Gasteiger partial charge in [0.25, 0.3) is 0 Å². The molecule has 4 fully saturated rings. The summed E-state index contributed by atoms with van der Waals surface area (Å²) in [4.78, 5) is 2.30. The van der Waals surface area contributed by atoms with Gasteiger partial charge in [-0.1, -0.05) is 11.6 Å². The van der Waals surface area contributed by atoms with E-state index in [0.717, 1.165) is 23.7 Å². The SMILES string of the molecule is CN(C)CCC=C1C2CC3CC(C2)CC1C3. The molecule has 0 aliphatic heterocycles. The second-order valence-electron chi connectivity index (χ2n) is 6.60. The van der Waals surface area contributed by atoms with Crippen LogP contribution >= 0.6 is 0 Å². The van der Waals surface area contributed by atoms with Gasteiger partial charge in [0.05, 0.1) is 0 Å². The van der Waals surface area contributed by atoms with Crippen LogP contribution in [0.1, 0.15) is 38.5 Å². The third-order valence-corrected chi connectivity index (χ3v) is 5.04. The van der Waals surface area contributed by atoms with Crippen molar-refractivity contribution >= 4 is 0 Å². The van der Waals surface area contributed by atoms with Crippen LogP contribution in [0.15, 0.2) is 11.6 Å². The van der Waals surface area contributed by atoms with E-state index in [9.17, 15) is 0 Å². The fourth-order valence-corrected chi connectivity index (χ4v) is 4.55. The number of hydrogen-bond donors (Lipinski definition) is 0. The molecule has 0 saturated heterocycles. The maximum Gasteiger partial charge on any atom is 0.000991 e. The molecule has 0 heterocycles. The third kappa shape index (κ3) is 1.95. The highest BCUT2D eigenvalue weighted by Crippen LogP contribution is 2.56. The molecule has 0 amide bonds. The van der Waals surface area contributed by atoms with Crippen molar-refractivity contribution < 1.29 is 0 Å². The van der Waals surface area contributed by atoms with Crippen molar-refractivity contribution in [1.29, 1.82) is 0 Å². The zero-order valence-corrected chi connectivity index (χ0v) is 10.8. The van der Waals surface area contributed by atoms with Gasteiger partial charge < -0.3 is 4.90 Å². The van der Waals surface area contributed by atoms with Crippen molar-refractivity contribution in [2.24, 2.45) is 23.7 Å². The summed E-state index contributed by atoms with van der Waals surface area (Å²) >= 11 is 0. The Kier molecular flexibility index (Phi) is 2.83. The van der Waals surface area contributed by atoms with E-state index >= 15 is 0 Å². The molecule has 0 radical (unpaired) electrons. The largest absolute Gasteiger partial charge is 0.309 e. The molecule has 4 bridgehead atoms. The normalized spacial score (nSPS) is 40.8. The van der Waals surface area contributed by atoms with E-state index in [1.807, 2.05) is 5.57 Å². The molecule has 4 aliphatic carbocycles. The molecular weight excluding hydrogens is 194 g/mol. The van der Waals surface area contributed by atoms with Crippen molar-refractivity contribution in [3.05, 3.63) is 11.6 Å². The first-order valence-corrected chi connectivity index (χ1v) is 7.07. The quantitative estimate of drug-likeness (QED) is 0.658. The van der Waals surface area contributed by atoms with Crippen molar-refractivity contribution in [1.82, 2.24) is 4.90 Å². The van der Waals surface area contributed by atoms with E-state index in [1.165, 1.54) is 38.6 Å². The molecule has 0 aromatic carbocycles. The van der Waals surface area contributed by atoms with Gasteiger partial charge in [-0.3, -0.25) is 0 Å². The lowest BCUT2D eigenvalue weighted by Gasteiger charge is -2.51. The molecule has 90 valence electrons. The summed E-state index contributed by atoms with van der Waals surface area (Å²) in [5.41, 5.74) is 1.87. The van der Waals surface area contributed by atoms with Gasteiger partial charge in [0.2, 0.25) is 0 Å². The van der Waals surface area contributed by atoms with Gasteiger partial charge >= 0.3 is 0 Å². The van der Waals surface area contributed by atoms with Crippen LogP contribution in [0.25, 0.3) is 0 Å². The first-order valence-electron chi connectivity index (χ1n) is 7.07. The second kappa shape index (κ2) is 4.18. The molecular formula is C15H25N. The summed E-state index contributed by atoms with van der Waals surface area (Å²) in [5.74, 6) is 4.21. The molecule has 0 atom stereocenters. The summed E-state index contributed by atoms with van der Waals surface area (Å²) < 4.78 is 0. The average molecular weight is 219 g/mol. The Balaban J connectivity index is 1.67. The monoisotopic (exact) mass is 219 g/mol. The molecule has 0 unspecified atom stereocenters. The summed E-state index contributed by atoms with van der Waals surface area (Å²) in [6.45, 7) is 1.22. The van der Waals surface area contributed by atoms with Gasteiger partial charge in [0.15, 0.2) is 0 Å². The van der Waals surface area contributed by atoms with Gasteiger partial charge in [0, 0.05) is 6.54 Å². The highest BCUT2D eigenvalue weighted by molar-refractivity contribution is 5.20. The van der Waals surface area contributed by atoms with Crippen LogP contribution in [0.4, 0.5) is 0 Å². The Hall–Kier alpha value is -0.300. The lowest BCUT2D eigenvalue weighted by molar-refractivity contribution is 0.0692. The number of hydrogen-bond acceptors (Lipinski definition) is 1. The molecule has 16 heavy (non-hydrogen) atoms. The van der Waals surface area contributed by atoms with Gasteiger partial charge in [-0.15, -0.1) is 0 Å². The predicted octanol–water partition coefficient (Wildman–Crippen LogP) is 3.32. The molecule has 0 spiro atoms. The zero-order chi connectivity index (χ0) is 11.1. The molecule has 1 heteroatoms. The third-order valence-electron chi connectivity index (χ3n) is 5.04. The van der Waals surface area contributed by atoms with Crippen LogP contribution in [0, 0.1) is 23.7 Å². The molecule has 0 aromatic rings. The van der Waals surface area contributed by atoms with Gasteiger partial charge in [-0.05, 0) is 76.3 Å². The minimum absolute atomic E-state index is 0.999. The van der Waals surface area contributed by atoms with Crippen molar-refractivity contribution in [2.45, 2.75) is 38.5 Å². The second-order valence-corrected chi connectivity index (χ2v) is 6.60. The highest BCUT2D eigenvalue weighted by Gasteiger charge is 2.44. The topological polar surface area (TPSA) is 3.24 Å². The van der Waals surface area contributed by atoms with Crippen molar-refractivity contribution in [2.75, 3.05) is 20.6 Å². The summed E-state index contributed by atoms with van der Waals surface area (Å²) in [6, 6.07) is 0. The Morgan fingerprint density at radius 2 is 1.56 bits per heavy atom. The Morgan fingerprint density at radius 1 is 1.00 bits per heavy atom. The maximum atomic E-state index is 2.60. The smallest absolute Gasteiger partial charge is 0.000991 e. The molecule has 4 saturated carbocycles. The van der Waals surface area contributed by atoms with Crippen LogP contribution in [-0.4, -0.2) is 25.5 Å². The molecule has 4 rings (SSSR count). The van der Waals surface area contributed by atoms with E-state index in [4.69, 9.17) is 0 Å². The van der Waals surface area contributed by atoms with E-state index in [1.54, 1.807) is 6.42 Å². The fraction of sp³-hybridized carbons (Fsp3) is 0.867. The fourth-order valence-electron chi connectivity index (χ4n) is 4.55. The van der Waals surface area contributed by atoms with E-state index in [-0.39, 0.29) is 0 Å².